The Morgan fingerprint density at radius 2 is 1.47 bits per heavy atom. The third-order valence-corrected chi connectivity index (χ3v) is 5.46. The average molecular weight is 598 g/mol. The third-order valence-electron chi connectivity index (χ3n) is 4.91. The Balaban J connectivity index is 2.33. The van der Waals surface area contributed by atoms with E-state index in [1.165, 1.54) is 5.32 Å². The van der Waals surface area contributed by atoms with Crippen molar-refractivity contribution in [1.29, 1.82) is 0 Å². The van der Waals surface area contributed by atoms with Crippen molar-refractivity contribution in [2.45, 2.75) is 37.3 Å². The summed E-state index contributed by atoms with van der Waals surface area (Å²) in [6.45, 7) is -1.69. The van der Waals surface area contributed by atoms with Crippen LogP contribution in [0, 0.1) is 5.82 Å². The van der Waals surface area contributed by atoms with Gasteiger partial charge in [0.15, 0.2) is 11.6 Å². The van der Waals surface area contributed by atoms with Crippen molar-refractivity contribution in [3.8, 4) is 0 Å². The zero-order valence-electron chi connectivity index (χ0n) is 18.6. The molecule has 0 aliphatic heterocycles. The monoisotopic (exact) mass is 597 g/mol. The largest absolute Gasteiger partial charge is 0.417 e. The highest BCUT2D eigenvalue weighted by Crippen LogP contribution is 2.40. The predicted octanol–water partition coefficient (Wildman–Crippen LogP) is 8.15. The minimum Gasteiger partial charge on any atom is -0.347 e. The molecule has 0 radical (unpaired) electrons. The number of halogens is 12. The van der Waals surface area contributed by atoms with Crippen LogP contribution < -0.4 is 5.32 Å². The van der Waals surface area contributed by atoms with Crippen LogP contribution in [-0.4, -0.2) is 30.6 Å². The Morgan fingerprint density at radius 3 is 1.97 bits per heavy atom. The summed E-state index contributed by atoms with van der Waals surface area (Å²) >= 11 is 11.1. The Kier molecular flexibility index (Phi) is 9.87. The number of benzene rings is 2. The van der Waals surface area contributed by atoms with E-state index in [1.54, 1.807) is 0 Å². The number of Topliss-reactive ketones (excluding diaryl/α,β-unsaturated/α-hetero) is 1. The SMILES string of the molecule is O=C(CCC(=O)c1ccc(/C=C/C(c2cc(Cl)c(F)c(Cl)c2)C(F)(F)F)cc1C(F)(F)F)NCC(F)(F)F. The molecule has 0 aromatic heterocycles. The van der Waals surface area contributed by atoms with Crippen LogP contribution in [0.15, 0.2) is 36.4 Å². The molecule has 1 N–H and O–H groups in total. The van der Waals surface area contributed by atoms with Crippen molar-refractivity contribution < 1.29 is 53.5 Å². The lowest BCUT2D eigenvalue weighted by molar-refractivity contribution is -0.139. The highest BCUT2D eigenvalue weighted by molar-refractivity contribution is 6.35. The van der Waals surface area contributed by atoms with Crippen LogP contribution in [-0.2, 0) is 11.0 Å². The van der Waals surface area contributed by atoms with Crippen molar-refractivity contribution in [2.75, 3.05) is 6.54 Å². The molecule has 0 bridgehead atoms. The summed E-state index contributed by atoms with van der Waals surface area (Å²) in [5.74, 6) is -6.04. The number of alkyl halides is 9. The first-order valence-corrected chi connectivity index (χ1v) is 11.0. The van der Waals surface area contributed by atoms with E-state index in [0.717, 1.165) is 6.07 Å². The maximum Gasteiger partial charge on any atom is 0.417 e. The minimum atomic E-state index is -5.14. The molecule has 1 unspecified atom stereocenters. The smallest absolute Gasteiger partial charge is 0.347 e. The van der Waals surface area contributed by atoms with E-state index >= 15 is 0 Å². The van der Waals surface area contributed by atoms with Gasteiger partial charge in [0, 0.05) is 18.4 Å². The van der Waals surface area contributed by atoms with Crippen LogP contribution in [0.25, 0.3) is 6.08 Å². The van der Waals surface area contributed by atoms with Crippen molar-refractivity contribution in [3.05, 3.63) is 74.5 Å². The normalized spacial score (nSPS) is 13.6. The molecular formula is C23H15Cl2F10NO2. The number of hydrogen-bond acceptors (Lipinski definition) is 2. The van der Waals surface area contributed by atoms with Gasteiger partial charge in [0.1, 0.15) is 6.54 Å². The molecule has 0 saturated heterocycles. The lowest BCUT2D eigenvalue weighted by Crippen LogP contribution is -2.33. The maximum atomic E-state index is 13.6. The fourth-order valence-corrected chi connectivity index (χ4v) is 3.67. The molecule has 38 heavy (non-hydrogen) atoms. The van der Waals surface area contributed by atoms with Crippen LogP contribution in [0.1, 0.15) is 45.8 Å². The summed E-state index contributed by atoms with van der Waals surface area (Å²) in [6.07, 6.45) is -15.4. The number of hydrogen-bond donors (Lipinski definition) is 1. The van der Waals surface area contributed by atoms with Crippen LogP contribution in [0.4, 0.5) is 43.9 Å². The summed E-state index contributed by atoms with van der Waals surface area (Å²) in [6, 6.07) is 3.30. The molecule has 0 saturated carbocycles. The van der Waals surface area contributed by atoms with Gasteiger partial charge in [-0.3, -0.25) is 9.59 Å². The van der Waals surface area contributed by atoms with Gasteiger partial charge in [0.2, 0.25) is 5.91 Å². The summed E-state index contributed by atoms with van der Waals surface area (Å²) in [7, 11) is 0. The lowest BCUT2D eigenvalue weighted by Gasteiger charge is -2.18. The molecule has 0 fully saturated rings. The molecule has 2 rings (SSSR count). The number of allylic oxidation sites excluding steroid dienone is 1. The molecule has 0 aliphatic rings. The number of ketones is 1. The summed E-state index contributed by atoms with van der Waals surface area (Å²) < 4.78 is 132. The van der Waals surface area contributed by atoms with E-state index in [9.17, 15) is 53.5 Å². The van der Waals surface area contributed by atoms with E-state index < -0.39 is 93.6 Å². The van der Waals surface area contributed by atoms with Gasteiger partial charge >= 0.3 is 18.5 Å². The van der Waals surface area contributed by atoms with Crippen LogP contribution in [0.5, 0.6) is 0 Å². The van der Waals surface area contributed by atoms with Crippen molar-refractivity contribution in [2.24, 2.45) is 0 Å². The van der Waals surface area contributed by atoms with Gasteiger partial charge in [0.05, 0.1) is 21.5 Å². The molecule has 0 aliphatic carbocycles. The van der Waals surface area contributed by atoms with Gasteiger partial charge in [-0.2, -0.15) is 39.5 Å². The number of rotatable bonds is 8. The fourth-order valence-electron chi connectivity index (χ4n) is 3.16. The van der Waals surface area contributed by atoms with Gasteiger partial charge in [-0.1, -0.05) is 47.5 Å². The van der Waals surface area contributed by atoms with Crippen LogP contribution in [0.3, 0.4) is 0 Å². The lowest BCUT2D eigenvalue weighted by atomic mass is 9.95. The Bertz CT molecular complexity index is 1200. The van der Waals surface area contributed by atoms with Gasteiger partial charge in [-0.15, -0.1) is 0 Å². The van der Waals surface area contributed by atoms with Gasteiger partial charge < -0.3 is 5.32 Å². The Hall–Kier alpha value is -2.80. The second-order valence-corrected chi connectivity index (χ2v) is 8.61. The molecular weight excluding hydrogens is 583 g/mol. The number of carbonyl (C=O) groups excluding carboxylic acids is 2. The van der Waals surface area contributed by atoms with E-state index in [1.807, 2.05) is 0 Å². The number of nitrogens with one attached hydrogen (secondary N) is 1. The molecule has 3 nitrogen and oxygen atoms in total. The molecule has 2 aromatic rings. The molecule has 15 heteroatoms. The number of amides is 1. The zero-order chi connectivity index (χ0) is 29.1. The van der Waals surface area contributed by atoms with E-state index in [-0.39, 0.29) is 0 Å². The van der Waals surface area contributed by atoms with E-state index in [4.69, 9.17) is 23.2 Å². The third kappa shape index (κ3) is 8.90. The average Bonchev–Trinajstić information content (AvgIpc) is 2.77. The maximum absolute atomic E-state index is 13.6. The Morgan fingerprint density at radius 1 is 0.895 bits per heavy atom. The quantitative estimate of drug-likeness (QED) is 0.190. The molecule has 1 amide bonds. The number of carbonyl (C=O) groups is 2. The van der Waals surface area contributed by atoms with Crippen molar-refractivity contribution in [3.63, 3.8) is 0 Å². The first-order chi connectivity index (χ1) is 17.3. The zero-order valence-corrected chi connectivity index (χ0v) is 20.1. The first kappa shape index (κ1) is 31.4. The van der Waals surface area contributed by atoms with Gasteiger partial charge in [-0.05, 0) is 29.3 Å². The second kappa shape index (κ2) is 11.9. The van der Waals surface area contributed by atoms with Gasteiger partial charge in [-0.25, -0.2) is 4.39 Å². The Labute approximate surface area is 218 Å². The molecule has 2 aromatic carbocycles. The van der Waals surface area contributed by atoms with Crippen LogP contribution in [0.2, 0.25) is 10.0 Å². The molecule has 0 spiro atoms. The first-order valence-electron chi connectivity index (χ1n) is 10.3. The minimum absolute atomic E-state index is 0.394. The standard InChI is InChI=1S/C23H15Cl2F10NO2/c24-16-8-12(9-17(25)20(16)26)14(22(30,31)32)4-2-11-1-3-13(15(7-11)23(33,34)35)18(37)5-6-19(38)36-10-21(27,28)29/h1-4,7-9,14H,5-6,10H2,(H,36,38)/b4-2+. The summed E-state index contributed by atoms with van der Waals surface area (Å²) in [5, 5.41) is 0.0611. The van der Waals surface area contributed by atoms with Gasteiger partial charge in [0.25, 0.3) is 0 Å². The predicted molar refractivity (Wildman–Crippen MR) is 118 cm³/mol. The fraction of sp³-hybridized carbons (Fsp3) is 0.304. The molecule has 208 valence electrons. The summed E-state index contributed by atoms with van der Waals surface area (Å²) in [5.41, 5.74) is -3.44. The van der Waals surface area contributed by atoms with Crippen molar-refractivity contribution >= 4 is 41.0 Å². The topological polar surface area (TPSA) is 46.2 Å². The summed E-state index contributed by atoms with van der Waals surface area (Å²) in [4.78, 5) is 23.7. The van der Waals surface area contributed by atoms with E-state index in [2.05, 4.69) is 0 Å². The highest BCUT2D eigenvalue weighted by atomic mass is 35.5. The highest BCUT2D eigenvalue weighted by Gasteiger charge is 2.40. The van der Waals surface area contributed by atoms with E-state index in [0.29, 0.717) is 36.4 Å². The van der Waals surface area contributed by atoms with Crippen LogP contribution >= 0.6 is 23.2 Å². The molecule has 1 atom stereocenters. The second-order valence-electron chi connectivity index (χ2n) is 7.79. The molecule has 0 heterocycles. The van der Waals surface area contributed by atoms with Crippen molar-refractivity contribution in [1.82, 2.24) is 5.32 Å².